The van der Waals surface area contributed by atoms with Crippen molar-refractivity contribution < 1.29 is 14.6 Å². The van der Waals surface area contributed by atoms with Crippen molar-refractivity contribution in [2.75, 3.05) is 0 Å². The van der Waals surface area contributed by atoms with E-state index in [1.54, 1.807) is 37.3 Å². The van der Waals surface area contributed by atoms with E-state index in [0.717, 1.165) is 17.3 Å². The number of hydrogen-bond acceptors (Lipinski definition) is 5. The number of benzene rings is 2. The first kappa shape index (κ1) is 19.0. The molecule has 0 spiro atoms. The van der Waals surface area contributed by atoms with Crippen molar-refractivity contribution in [2.24, 2.45) is 0 Å². The molecule has 1 heterocycles. The van der Waals surface area contributed by atoms with E-state index in [2.05, 4.69) is 15.2 Å². The van der Waals surface area contributed by atoms with Crippen LogP contribution in [0.2, 0.25) is 5.02 Å². The summed E-state index contributed by atoms with van der Waals surface area (Å²) in [6, 6.07) is 14.6. The van der Waals surface area contributed by atoms with Crippen LogP contribution in [-0.2, 0) is 11.4 Å². The fourth-order valence-corrected chi connectivity index (χ4v) is 3.08. The topological polar surface area (TPSA) is 88.1 Å². The second-order valence-electron chi connectivity index (χ2n) is 5.57. The van der Waals surface area contributed by atoms with Gasteiger partial charge in [0.15, 0.2) is 0 Å². The Hall–Kier alpha value is -2.77. The number of rotatable bonds is 7. The first-order valence-electron chi connectivity index (χ1n) is 7.99. The van der Waals surface area contributed by atoms with E-state index >= 15 is 0 Å². The van der Waals surface area contributed by atoms with E-state index in [4.69, 9.17) is 16.3 Å². The second kappa shape index (κ2) is 8.75. The van der Waals surface area contributed by atoms with Gasteiger partial charge in [-0.25, -0.2) is 9.78 Å². The molecule has 0 aliphatic carbocycles. The molecule has 3 aromatic rings. The summed E-state index contributed by atoms with van der Waals surface area (Å²) in [7, 11) is 0. The van der Waals surface area contributed by atoms with Crippen molar-refractivity contribution in [3.8, 4) is 5.75 Å². The zero-order chi connectivity index (χ0) is 19.2. The summed E-state index contributed by atoms with van der Waals surface area (Å²) in [5.41, 5.74) is 1.62. The fraction of sp³-hybridized carbons (Fsp3) is 0.105. The largest absolute Gasteiger partial charge is 0.488 e. The van der Waals surface area contributed by atoms with Crippen molar-refractivity contribution >= 4 is 35.4 Å². The number of nitrogens with one attached hydrogen (secondary N) is 1. The number of carbonyl (C=O) groups is 1. The molecule has 27 heavy (non-hydrogen) atoms. The van der Waals surface area contributed by atoms with E-state index in [-0.39, 0.29) is 4.91 Å². The van der Waals surface area contributed by atoms with Gasteiger partial charge in [-0.05, 0) is 48.5 Å². The minimum absolute atomic E-state index is 0.0940. The molecule has 2 N–H and O–H groups in total. The molecule has 0 aliphatic rings. The van der Waals surface area contributed by atoms with E-state index in [1.807, 2.05) is 24.3 Å². The van der Waals surface area contributed by atoms with Crippen molar-refractivity contribution in [3.05, 3.63) is 75.4 Å². The SMILES string of the molecule is Cc1nc(S/C(=C\c2ccccc2OCc2ccc(Cl)cc2)C(=O)O)n[nH]1. The molecule has 0 saturated carbocycles. The fourth-order valence-electron chi connectivity index (χ4n) is 2.22. The van der Waals surface area contributed by atoms with Gasteiger partial charge in [0.2, 0.25) is 5.16 Å². The monoisotopic (exact) mass is 401 g/mol. The third kappa shape index (κ3) is 5.35. The Morgan fingerprint density at radius 2 is 2.00 bits per heavy atom. The van der Waals surface area contributed by atoms with Gasteiger partial charge in [-0.15, -0.1) is 5.10 Å². The molecule has 6 nitrogen and oxygen atoms in total. The number of aryl methyl sites for hydroxylation is 1. The molecule has 0 unspecified atom stereocenters. The summed E-state index contributed by atoms with van der Waals surface area (Å²) >= 11 is 6.87. The predicted molar refractivity (Wildman–Crippen MR) is 105 cm³/mol. The molecule has 1 aromatic heterocycles. The number of nitrogens with zero attached hydrogens (tertiary/aromatic N) is 2. The van der Waals surface area contributed by atoms with Crippen LogP contribution in [-0.4, -0.2) is 26.3 Å². The van der Waals surface area contributed by atoms with Crippen LogP contribution in [0.25, 0.3) is 6.08 Å². The molecule has 3 rings (SSSR count). The van der Waals surface area contributed by atoms with Gasteiger partial charge >= 0.3 is 5.97 Å². The quantitative estimate of drug-likeness (QED) is 0.445. The molecule has 2 aromatic carbocycles. The number of carboxylic acid groups (broad SMARTS) is 1. The summed E-state index contributed by atoms with van der Waals surface area (Å²) in [5.74, 6) is 0.141. The first-order chi connectivity index (χ1) is 13.0. The lowest BCUT2D eigenvalue weighted by Crippen LogP contribution is -1.99. The van der Waals surface area contributed by atoms with Gasteiger partial charge in [0, 0.05) is 10.6 Å². The number of ether oxygens (including phenoxy) is 1. The first-order valence-corrected chi connectivity index (χ1v) is 9.19. The second-order valence-corrected chi connectivity index (χ2v) is 7.02. The van der Waals surface area contributed by atoms with Crippen molar-refractivity contribution in [1.82, 2.24) is 15.2 Å². The molecule has 0 aliphatic heterocycles. The molecular weight excluding hydrogens is 386 g/mol. The minimum Gasteiger partial charge on any atom is -0.488 e. The molecule has 0 radical (unpaired) electrons. The molecule has 0 fully saturated rings. The standard InChI is InChI=1S/C19H16ClN3O3S/c1-12-21-19(23-22-12)27-17(18(24)25)10-14-4-2-3-5-16(14)26-11-13-6-8-15(20)9-7-13/h2-10H,11H2,1H3,(H,24,25)(H,21,22,23)/b17-10-. The van der Waals surface area contributed by atoms with E-state index in [0.29, 0.717) is 33.9 Å². The molecule has 0 saturated heterocycles. The lowest BCUT2D eigenvalue weighted by Gasteiger charge is -2.10. The number of aromatic amines is 1. The van der Waals surface area contributed by atoms with Crippen molar-refractivity contribution in [2.45, 2.75) is 18.7 Å². The molecule has 0 amide bonds. The Kier molecular flexibility index (Phi) is 6.16. The van der Waals surface area contributed by atoms with Crippen LogP contribution in [0.1, 0.15) is 17.0 Å². The third-order valence-electron chi connectivity index (χ3n) is 3.50. The highest BCUT2D eigenvalue weighted by Crippen LogP contribution is 2.29. The summed E-state index contributed by atoms with van der Waals surface area (Å²) < 4.78 is 5.87. The highest BCUT2D eigenvalue weighted by molar-refractivity contribution is 8.04. The molecule has 0 atom stereocenters. The lowest BCUT2D eigenvalue weighted by molar-refractivity contribution is -0.131. The Morgan fingerprint density at radius 1 is 1.26 bits per heavy atom. The van der Waals surface area contributed by atoms with Gasteiger partial charge in [0.1, 0.15) is 23.1 Å². The van der Waals surface area contributed by atoms with E-state index in [1.165, 1.54) is 0 Å². The van der Waals surface area contributed by atoms with Gasteiger partial charge in [-0.1, -0.05) is 41.9 Å². The van der Waals surface area contributed by atoms with Gasteiger partial charge in [0.05, 0.1) is 0 Å². The summed E-state index contributed by atoms with van der Waals surface area (Å²) in [4.78, 5) is 15.9. The van der Waals surface area contributed by atoms with Gasteiger partial charge < -0.3 is 9.84 Å². The maximum atomic E-state index is 11.6. The zero-order valence-corrected chi connectivity index (χ0v) is 15.9. The van der Waals surface area contributed by atoms with Crippen LogP contribution < -0.4 is 4.74 Å². The maximum Gasteiger partial charge on any atom is 0.342 e. The molecular formula is C19H16ClN3O3S. The van der Waals surface area contributed by atoms with Crippen LogP contribution in [0, 0.1) is 6.92 Å². The van der Waals surface area contributed by atoms with Crippen LogP contribution in [0.15, 0.2) is 58.6 Å². The summed E-state index contributed by atoms with van der Waals surface area (Å²) in [6.45, 7) is 2.10. The average molecular weight is 402 g/mol. The highest BCUT2D eigenvalue weighted by Gasteiger charge is 2.14. The predicted octanol–water partition coefficient (Wildman–Crippen LogP) is 4.56. The minimum atomic E-state index is -1.06. The van der Waals surface area contributed by atoms with Crippen LogP contribution in [0.5, 0.6) is 5.75 Å². The third-order valence-corrected chi connectivity index (χ3v) is 4.63. The van der Waals surface area contributed by atoms with E-state index < -0.39 is 5.97 Å². The van der Waals surface area contributed by atoms with Crippen molar-refractivity contribution in [3.63, 3.8) is 0 Å². The Morgan fingerprint density at radius 3 is 2.67 bits per heavy atom. The lowest BCUT2D eigenvalue weighted by atomic mass is 10.2. The highest BCUT2D eigenvalue weighted by atomic mass is 35.5. The Balaban J connectivity index is 1.81. The number of para-hydroxylation sites is 1. The normalized spacial score (nSPS) is 11.4. The Bertz CT molecular complexity index is 970. The summed E-state index contributed by atoms with van der Waals surface area (Å²) in [5, 5.41) is 17.2. The van der Waals surface area contributed by atoms with Gasteiger partial charge in [-0.3, -0.25) is 5.10 Å². The maximum absolute atomic E-state index is 11.6. The van der Waals surface area contributed by atoms with Crippen LogP contribution in [0.3, 0.4) is 0 Å². The van der Waals surface area contributed by atoms with Crippen LogP contribution in [0.4, 0.5) is 0 Å². The molecule has 8 heteroatoms. The molecule has 138 valence electrons. The van der Waals surface area contributed by atoms with Crippen LogP contribution >= 0.6 is 23.4 Å². The number of carboxylic acids is 1. The number of thioether (sulfide) groups is 1. The smallest absolute Gasteiger partial charge is 0.342 e. The Labute approximate surface area is 165 Å². The summed E-state index contributed by atoms with van der Waals surface area (Å²) in [6.07, 6.45) is 1.55. The average Bonchev–Trinajstić information content (AvgIpc) is 3.06. The zero-order valence-electron chi connectivity index (χ0n) is 14.3. The van der Waals surface area contributed by atoms with Gasteiger partial charge in [-0.2, -0.15) is 0 Å². The number of aromatic nitrogens is 3. The van der Waals surface area contributed by atoms with E-state index in [9.17, 15) is 9.90 Å². The number of halogens is 1. The number of H-pyrrole nitrogens is 1. The molecule has 0 bridgehead atoms. The number of hydrogen-bond donors (Lipinski definition) is 2. The number of aliphatic carboxylic acids is 1. The van der Waals surface area contributed by atoms with Crippen molar-refractivity contribution in [1.29, 1.82) is 0 Å². The van der Waals surface area contributed by atoms with Gasteiger partial charge in [0.25, 0.3) is 0 Å².